The number of nitrogens with zero attached hydrogens (tertiary/aromatic N) is 2. The lowest BCUT2D eigenvalue weighted by molar-refractivity contribution is -0.156. The van der Waals surface area contributed by atoms with Crippen LogP contribution in [0.5, 0.6) is 0 Å². The van der Waals surface area contributed by atoms with Crippen molar-refractivity contribution in [3.63, 3.8) is 0 Å². The Morgan fingerprint density at radius 2 is 2.06 bits per heavy atom. The molecule has 2 bridgehead atoms. The maximum Gasteiger partial charge on any atom is 0.310 e. The number of hydrogen-bond donors (Lipinski definition) is 2. The molecule has 2 N–H and O–H groups in total. The molecule has 1 spiro atoms. The third-order valence-corrected chi connectivity index (χ3v) is 8.40. The second kappa shape index (κ2) is 9.47. The molecule has 9 heteroatoms. The molecule has 3 heterocycles. The molecule has 36 heavy (non-hydrogen) atoms. The minimum Gasteiger partial charge on any atom is -0.481 e. The number of ether oxygens (including phenoxy) is 1. The fourth-order valence-electron chi connectivity index (χ4n) is 6.77. The molecular weight excluding hydrogens is 484 g/mol. The number of carboxylic acids is 1. The normalized spacial score (nSPS) is 31.6. The first kappa shape index (κ1) is 26.6. The Morgan fingerprint density at radius 1 is 1.36 bits per heavy atom. The number of halogens is 1. The number of rotatable bonds is 9. The highest BCUT2D eigenvalue weighted by molar-refractivity contribution is 6.34. The van der Waals surface area contributed by atoms with Gasteiger partial charge in [0.25, 0.3) is 5.91 Å². The van der Waals surface area contributed by atoms with Gasteiger partial charge in [0.1, 0.15) is 11.6 Å². The van der Waals surface area contributed by atoms with Crippen LogP contribution in [-0.2, 0) is 19.1 Å². The van der Waals surface area contributed by atoms with Crippen LogP contribution in [0.1, 0.15) is 45.6 Å². The summed E-state index contributed by atoms with van der Waals surface area (Å²) >= 11 is 6.55. The number of aliphatic hydroxyl groups excluding tert-OH is 1. The van der Waals surface area contributed by atoms with Gasteiger partial charge in [0.15, 0.2) is 0 Å². The monoisotopic (exact) mass is 518 g/mol. The Bertz CT molecular complexity index is 1070. The maximum atomic E-state index is 14.5. The van der Waals surface area contributed by atoms with Gasteiger partial charge in [-0.25, -0.2) is 0 Å². The fourth-order valence-corrected chi connectivity index (χ4v) is 7.09. The van der Waals surface area contributed by atoms with Gasteiger partial charge >= 0.3 is 5.97 Å². The quantitative estimate of drug-likeness (QED) is 0.485. The smallest absolute Gasteiger partial charge is 0.310 e. The molecule has 3 aliphatic heterocycles. The predicted molar refractivity (Wildman–Crippen MR) is 136 cm³/mol. The molecule has 0 saturated carbocycles. The molecule has 3 fully saturated rings. The molecular formula is C27H35ClN2O6. The summed E-state index contributed by atoms with van der Waals surface area (Å²) in [5.41, 5.74) is -1.07. The zero-order valence-corrected chi connectivity index (χ0v) is 22.0. The van der Waals surface area contributed by atoms with Gasteiger partial charge in [-0.15, -0.1) is 6.58 Å². The highest BCUT2D eigenvalue weighted by atomic mass is 35.5. The zero-order valence-electron chi connectivity index (χ0n) is 21.2. The molecule has 196 valence electrons. The average Bonchev–Trinajstić information content (AvgIpc) is 3.37. The van der Waals surface area contributed by atoms with E-state index in [0.29, 0.717) is 30.0 Å². The standard InChI is InChI=1S/C27H35ClN2O6/c1-6-12-29(21-16(4)8-7-9-18(21)28)24(33)22-27-11-10-26(5,36-27)20(25(34)35)19(27)23(32)30(22)17(14-31)13-15(2)3/h6-9,15,17,19-20,22,31H,1,10-14H2,2-5H3,(H,34,35)/t17-,19+,20-,22?,26+,27?/m1/s1. The first-order valence-electron chi connectivity index (χ1n) is 12.5. The molecule has 1 aromatic rings. The van der Waals surface area contributed by atoms with E-state index < -0.39 is 52.9 Å². The van der Waals surface area contributed by atoms with Crippen molar-refractivity contribution >= 4 is 35.1 Å². The second-order valence-electron chi connectivity index (χ2n) is 10.9. The molecule has 4 rings (SSSR count). The summed E-state index contributed by atoms with van der Waals surface area (Å²) in [6.45, 7) is 11.1. The van der Waals surface area contributed by atoms with E-state index in [2.05, 4.69) is 6.58 Å². The predicted octanol–water partition coefficient (Wildman–Crippen LogP) is 3.42. The van der Waals surface area contributed by atoms with Gasteiger partial charge in [-0.2, -0.15) is 0 Å². The molecule has 0 aromatic heterocycles. The van der Waals surface area contributed by atoms with Gasteiger partial charge in [0, 0.05) is 6.54 Å². The van der Waals surface area contributed by atoms with E-state index in [9.17, 15) is 24.6 Å². The van der Waals surface area contributed by atoms with E-state index in [-0.39, 0.29) is 19.1 Å². The van der Waals surface area contributed by atoms with Crippen molar-refractivity contribution in [3.05, 3.63) is 41.4 Å². The van der Waals surface area contributed by atoms with E-state index >= 15 is 0 Å². The van der Waals surface area contributed by atoms with Crippen LogP contribution in [0.15, 0.2) is 30.9 Å². The number of anilines is 1. The number of aryl methyl sites for hydroxylation is 1. The third kappa shape index (κ3) is 3.85. The number of fused-ring (bicyclic) bond motifs is 1. The number of carboxylic acid groups (broad SMARTS) is 1. The van der Waals surface area contributed by atoms with Gasteiger partial charge in [-0.05, 0) is 50.7 Å². The number of carbonyl (C=O) groups is 3. The summed E-state index contributed by atoms with van der Waals surface area (Å²) in [6, 6.07) is 3.57. The van der Waals surface area contributed by atoms with Crippen molar-refractivity contribution < 1.29 is 29.3 Å². The van der Waals surface area contributed by atoms with Crippen molar-refractivity contribution in [1.82, 2.24) is 4.90 Å². The lowest BCUT2D eigenvalue weighted by atomic mass is 9.66. The van der Waals surface area contributed by atoms with Crippen molar-refractivity contribution in [1.29, 1.82) is 0 Å². The highest BCUT2D eigenvalue weighted by Gasteiger charge is 2.79. The molecule has 3 aliphatic rings. The third-order valence-electron chi connectivity index (χ3n) is 8.10. The first-order valence-corrected chi connectivity index (χ1v) is 12.8. The molecule has 1 aromatic carbocycles. The lowest BCUT2D eigenvalue weighted by Crippen LogP contribution is -2.59. The number of aliphatic hydroxyl groups is 1. The summed E-state index contributed by atoms with van der Waals surface area (Å²) in [6.07, 6.45) is 2.84. The van der Waals surface area contributed by atoms with Crippen molar-refractivity contribution in [2.24, 2.45) is 17.8 Å². The Kier molecular flexibility index (Phi) is 7.01. The van der Waals surface area contributed by atoms with Crippen molar-refractivity contribution in [2.45, 2.75) is 70.2 Å². The molecule has 2 unspecified atom stereocenters. The van der Waals surface area contributed by atoms with Gasteiger partial charge in [-0.1, -0.05) is 43.7 Å². The number of aliphatic carboxylic acids is 1. The molecule has 2 amide bonds. The Hall–Kier alpha value is -2.42. The molecule has 3 saturated heterocycles. The van der Waals surface area contributed by atoms with Crippen LogP contribution in [0.4, 0.5) is 5.69 Å². The second-order valence-corrected chi connectivity index (χ2v) is 11.3. The highest BCUT2D eigenvalue weighted by Crippen LogP contribution is 2.63. The van der Waals surface area contributed by atoms with Crippen LogP contribution in [0.25, 0.3) is 0 Å². The summed E-state index contributed by atoms with van der Waals surface area (Å²) in [4.78, 5) is 43.9. The lowest BCUT2D eigenvalue weighted by Gasteiger charge is -2.40. The van der Waals surface area contributed by atoms with Gasteiger partial charge in [0.2, 0.25) is 5.91 Å². The van der Waals surface area contributed by atoms with E-state index in [0.717, 1.165) is 5.56 Å². The minimum atomic E-state index is -1.30. The summed E-state index contributed by atoms with van der Waals surface area (Å²) < 4.78 is 6.47. The SMILES string of the molecule is C=CCN(C(=O)C1N([C@@H](CO)CC(C)C)C(=O)[C@@H]2[C@H](C(=O)O)[C@]3(C)CCC12O3)c1c(C)cccc1Cl. The van der Waals surface area contributed by atoms with Crippen molar-refractivity contribution in [3.8, 4) is 0 Å². The van der Waals surface area contributed by atoms with Gasteiger partial charge < -0.3 is 24.7 Å². The van der Waals surface area contributed by atoms with Gasteiger partial charge in [0.05, 0.1) is 40.8 Å². The minimum absolute atomic E-state index is 0.128. The van der Waals surface area contributed by atoms with E-state index in [1.54, 1.807) is 25.1 Å². The Balaban J connectivity index is 1.89. The number of carbonyl (C=O) groups excluding carboxylic acids is 2. The van der Waals surface area contributed by atoms with Crippen LogP contribution < -0.4 is 4.90 Å². The topological polar surface area (TPSA) is 107 Å². The van der Waals surface area contributed by atoms with E-state index in [4.69, 9.17) is 16.3 Å². The number of benzene rings is 1. The largest absolute Gasteiger partial charge is 0.481 e. The average molecular weight is 519 g/mol. The van der Waals surface area contributed by atoms with E-state index in [1.165, 1.54) is 9.80 Å². The molecule has 0 radical (unpaired) electrons. The number of hydrogen-bond acceptors (Lipinski definition) is 5. The summed E-state index contributed by atoms with van der Waals surface area (Å²) in [7, 11) is 0. The number of para-hydroxylation sites is 1. The first-order chi connectivity index (χ1) is 16.9. The molecule has 8 nitrogen and oxygen atoms in total. The van der Waals surface area contributed by atoms with Crippen LogP contribution in [-0.4, -0.2) is 69.3 Å². The summed E-state index contributed by atoms with van der Waals surface area (Å²) in [5.74, 6) is -3.93. The number of likely N-dealkylation sites (tertiary alicyclic amines) is 1. The number of amides is 2. The van der Waals surface area contributed by atoms with Crippen LogP contribution in [0.2, 0.25) is 5.02 Å². The summed E-state index contributed by atoms with van der Waals surface area (Å²) in [5, 5.41) is 20.9. The maximum absolute atomic E-state index is 14.5. The molecule has 6 atom stereocenters. The van der Waals surface area contributed by atoms with Crippen LogP contribution >= 0.6 is 11.6 Å². The van der Waals surface area contributed by atoms with E-state index in [1.807, 2.05) is 26.8 Å². The Labute approximate surface area is 216 Å². The van der Waals surface area contributed by atoms with Gasteiger partial charge in [-0.3, -0.25) is 14.4 Å². The van der Waals surface area contributed by atoms with Crippen LogP contribution in [0.3, 0.4) is 0 Å². The van der Waals surface area contributed by atoms with Crippen molar-refractivity contribution in [2.75, 3.05) is 18.1 Å². The molecule has 0 aliphatic carbocycles. The zero-order chi connectivity index (χ0) is 26.6. The fraction of sp³-hybridized carbons (Fsp3) is 0.593. The van der Waals surface area contributed by atoms with Crippen LogP contribution in [0, 0.1) is 24.7 Å². The Morgan fingerprint density at radius 3 is 2.61 bits per heavy atom.